The van der Waals surface area contributed by atoms with Gasteiger partial charge in [-0.3, -0.25) is 9.59 Å². The Morgan fingerprint density at radius 1 is 0.967 bits per heavy atom. The number of ether oxygens (including phenoxy) is 2. The zero-order chi connectivity index (χ0) is 21.7. The minimum Gasteiger partial charge on any atom is -0.465 e. The average molecular weight is 408 g/mol. The summed E-state index contributed by atoms with van der Waals surface area (Å²) in [6.07, 6.45) is 0. The van der Waals surface area contributed by atoms with E-state index in [0.717, 1.165) is 0 Å². The first-order valence-electron chi connectivity index (χ1n) is 9.01. The number of nitrogens with one attached hydrogen (secondary N) is 1. The average Bonchev–Trinajstić information content (AvgIpc) is 3.13. The maximum atomic E-state index is 12.3. The van der Waals surface area contributed by atoms with Crippen LogP contribution < -0.4 is 15.8 Å². The molecular formula is C22H20N2O6. The van der Waals surface area contributed by atoms with Gasteiger partial charge in [-0.25, -0.2) is 4.79 Å². The first-order valence-corrected chi connectivity index (χ1v) is 9.01. The molecule has 2 amide bonds. The van der Waals surface area contributed by atoms with Gasteiger partial charge in [0.05, 0.1) is 13.7 Å². The first kappa shape index (κ1) is 20.7. The summed E-state index contributed by atoms with van der Waals surface area (Å²) in [6.45, 7) is 1.78. The van der Waals surface area contributed by atoms with E-state index < -0.39 is 11.9 Å². The molecule has 8 heteroatoms. The van der Waals surface area contributed by atoms with Crippen molar-refractivity contribution >= 4 is 17.8 Å². The Balaban J connectivity index is 1.58. The topological polar surface area (TPSA) is 121 Å². The predicted octanol–water partition coefficient (Wildman–Crippen LogP) is 3.20. The normalized spacial score (nSPS) is 10.3. The maximum Gasteiger partial charge on any atom is 0.341 e. The lowest BCUT2D eigenvalue weighted by Crippen LogP contribution is -2.22. The molecule has 2 aromatic carbocycles. The number of hydrogen-bond acceptors (Lipinski definition) is 6. The molecule has 8 nitrogen and oxygen atoms in total. The highest BCUT2D eigenvalue weighted by molar-refractivity contribution is 5.94. The van der Waals surface area contributed by atoms with Crippen LogP contribution in [0.4, 0.5) is 0 Å². The third-order valence-electron chi connectivity index (χ3n) is 4.29. The van der Waals surface area contributed by atoms with Crippen LogP contribution in [0, 0.1) is 6.92 Å². The molecule has 0 saturated heterocycles. The van der Waals surface area contributed by atoms with E-state index in [9.17, 15) is 14.4 Å². The van der Waals surface area contributed by atoms with Gasteiger partial charge in [0.1, 0.15) is 28.6 Å². The van der Waals surface area contributed by atoms with E-state index in [1.165, 1.54) is 7.11 Å². The number of carbonyl (C=O) groups excluding carboxylic acids is 3. The van der Waals surface area contributed by atoms with Crippen molar-refractivity contribution in [3.63, 3.8) is 0 Å². The predicted molar refractivity (Wildman–Crippen MR) is 107 cm³/mol. The standard InChI is InChI=1S/C22H20N2O6/c1-13-19(22(27)28-2)11-18(29-13)12-24-21(26)15-5-9-17(10-6-15)30-16-7-3-14(4-8-16)20(23)25/h3-11H,12H2,1-2H3,(H2,23,25)(H,24,26). The van der Waals surface area contributed by atoms with Crippen molar-refractivity contribution in [2.75, 3.05) is 7.11 Å². The Hall–Kier alpha value is -4.07. The zero-order valence-corrected chi connectivity index (χ0v) is 16.4. The molecule has 0 bridgehead atoms. The minimum absolute atomic E-state index is 0.126. The van der Waals surface area contributed by atoms with E-state index in [2.05, 4.69) is 10.1 Å². The van der Waals surface area contributed by atoms with E-state index >= 15 is 0 Å². The van der Waals surface area contributed by atoms with Crippen molar-refractivity contribution in [1.29, 1.82) is 0 Å². The summed E-state index contributed by atoms with van der Waals surface area (Å²) in [5, 5.41) is 2.73. The first-order chi connectivity index (χ1) is 14.4. The molecule has 1 heterocycles. The molecule has 30 heavy (non-hydrogen) atoms. The van der Waals surface area contributed by atoms with Gasteiger partial charge in [0.2, 0.25) is 5.91 Å². The summed E-state index contributed by atoms with van der Waals surface area (Å²) in [7, 11) is 1.29. The molecule has 0 unspecified atom stereocenters. The highest BCUT2D eigenvalue weighted by Crippen LogP contribution is 2.22. The van der Waals surface area contributed by atoms with E-state index in [1.54, 1.807) is 61.5 Å². The van der Waals surface area contributed by atoms with Crippen molar-refractivity contribution in [2.24, 2.45) is 5.73 Å². The SMILES string of the molecule is COC(=O)c1cc(CNC(=O)c2ccc(Oc3ccc(C(N)=O)cc3)cc2)oc1C. The highest BCUT2D eigenvalue weighted by atomic mass is 16.5. The van der Waals surface area contributed by atoms with Gasteiger partial charge in [0.25, 0.3) is 5.91 Å². The number of carbonyl (C=O) groups is 3. The van der Waals surface area contributed by atoms with E-state index in [4.69, 9.17) is 14.9 Å². The second kappa shape index (κ2) is 8.95. The molecule has 0 aliphatic rings. The summed E-state index contributed by atoms with van der Waals surface area (Å²) in [5.74, 6) is 0.629. The van der Waals surface area contributed by atoms with Crippen LogP contribution in [0.3, 0.4) is 0 Å². The number of primary amides is 1. The van der Waals surface area contributed by atoms with Gasteiger partial charge in [-0.15, -0.1) is 0 Å². The lowest BCUT2D eigenvalue weighted by Gasteiger charge is -2.07. The second-order valence-corrected chi connectivity index (χ2v) is 6.37. The highest BCUT2D eigenvalue weighted by Gasteiger charge is 2.16. The van der Waals surface area contributed by atoms with Crippen LogP contribution in [0.15, 0.2) is 59.0 Å². The van der Waals surface area contributed by atoms with E-state index in [-0.39, 0.29) is 12.5 Å². The Kier molecular flexibility index (Phi) is 6.17. The molecule has 0 aliphatic heterocycles. The summed E-state index contributed by atoms with van der Waals surface area (Å²) in [6, 6.07) is 14.5. The van der Waals surface area contributed by atoms with Gasteiger partial charge in [0, 0.05) is 11.1 Å². The molecule has 3 rings (SSSR count). The number of furan rings is 1. The van der Waals surface area contributed by atoms with Gasteiger partial charge in [-0.2, -0.15) is 0 Å². The molecule has 0 radical (unpaired) electrons. The van der Waals surface area contributed by atoms with Crippen molar-refractivity contribution in [3.05, 3.63) is 82.8 Å². The fourth-order valence-electron chi connectivity index (χ4n) is 2.71. The largest absolute Gasteiger partial charge is 0.465 e. The van der Waals surface area contributed by atoms with Crippen LogP contribution in [0.25, 0.3) is 0 Å². The number of rotatable bonds is 7. The third-order valence-corrected chi connectivity index (χ3v) is 4.29. The van der Waals surface area contributed by atoms with Gasteiger partial charge in [-0.05, 0) is 61.5 Å². The molecule has 1 aromatic heterocycles. The molecule has 0 saturated carbocycles. The monoisotopic (exact) mass is 408 g/mol. The smallest absolute Gasteiger partial charge is 0.341 e. The zero-order valence-electron chi connectivity index (χ0n) is 16.4. The number of nitrogens with two attached hydrogens (primary N) is 1. The van der Waals surface area contributed by atoms with Gasteiger partial charge in [0.15, 0.2) is 0 Å². The molecule has 0 atom stereocenters. The lowest BCUT2D eigenvalue weighted by atomic mass is 10.2. The number of amides is 2. The minimum atomic E-state index is -0.511. The Labute approximate surface area is 172 Å². The number of benzene rings is 2. The fraction of sp³-hybridized carbons (Fsp3) is 0.136. The molecular weight excluding hydrogens is 388 g/mol. The second-order valence-electron chi connectivity index (χ2n) is 6.37. The Morgan fingerprint density at radius 3 is 2.07 bits per heavy atom. The molecule has 0 spiro atoms. The Bertz CT molecular complexity index is 1070. The van der Waals surface area contributed by atoms with Crippen LogP contribution >= 0.6 is 0 Å². The molecule has 3 aromatic rings. The van der Waals surface area contributed by atoms with Gasteiger partial charge < -0.3 is 24.9 Å². The van der Waals surface area contributed by atoms with Crippen molar-refractivity contribution in [2.45, 2.75) is 13.5 Å². The number of methoxy groups -OCH3 is 1. The summed E-state index contributed by atoms with van der Waals surface area (Å²) in [4.78, 5) is 35.1. The van der Waals surface area contributed by atoms with Crippen LogP contribution in [0.2, 0.25) is 0 Å². The quantitative estimate of drug-likeness (QED) is 0.579. The maximum absolute atomic E-state index is 12.3. The molecule has 3 N–H and O–H groups in total. The van der Waals surface area contributed by atoms with Crippen LogP contribution in [-0.4, -0.2) is 24.9 Å². The van der Waals surface area contributed by atoms with Crippen molar-refractivity contribution < 1.29 is 28.3 Å². The number of aryl methyl sites for hydroxylation is 1. The summed E-state index contributed by atoms with van der Waals surface area (Å²) < 4.78 is 15.8. The van der Waals surface area contributed by atoms with E-state index in [1.807, 2.05) is 0 Å². The van der Waals surface area contributed by atoms with E-state index in [0.29, 0.717) is 39.7 Å². The van der Waals surface area contributed by atoms with Crippen LogP contribution in [-0.2, 0) is 11.3 Å². The number of hydrogen-bond donors (Lipinski definition) is 2. The van der Waals surface area contributed by atoms with Gasteiger partial charge >= 0.3 is 5.97 Å². The fourth-order valence-corrected chi connectivity index (χ4v) is 2.71. The van der Waals surface area contributed by atoms with Crippen LogP contribution in [0.5, 0.6) is 11.5 Å². The number of esters is 1. The summed E-state index contributed by atoms with van der Waals surface area (Å²) in [5.41, 5.74) is 6.36. The summed E-state index contributed by atoms with van der Waals surface area (Å²) >= 11 is 0. The molecule has 154 valence electrons. The molecule has 0 fully saturated rings. The van der Waals surface area contributed by atoms with Gasteiger partial charge in [-0.1, -0.05) is 0 Å². The van der Waals surface area contributed by atoms with Crippen molar-refractivity contribution in [1.82, 2.24) is 5.32 Å². The molecule has 0 aliphatic carbocycles. The Morgan fingerprint density at radius 2 is 1.53 bits per heavy atom. The third kappa shape index (κ3) is 4.85. The van der Waals surface area contributed by atoms with Crippen molar-refractivity contribution in [3.8, 4) is 11.5 Å². The van der Waals surface area contributed by atoms with Crippen LogP contribution in [0.1, 0.15) is 42.6 Å². The lowest BCUT2D eigenvalue weighted by molar-refractivity contribution is 0.0598.